The van der Waals surface area contributed by atoms with Crippen LogP contribution in [0.5, 0.6) is 0 Å². The van der Waals surface area contributed by atoms with Gasteiger partial charge in [0, 0.05) is 17.8 Å². The standard InChI is InChI=1S/C19H19FN2S/c1-13-2-4-14(5-3-13)15-6-8-16(9-7-15)17-11-21-19(22-12-23)10-18(17)20/h6-11,13-14H,2-5H2,1H3. The predicted octanol–water partition coefficient (Wildman–Crippen LogP) is 5.92. The molecule has 1 aliphatic carbocycles. The van der Waals surface area contributed by atoms with Crippen LogP contribution in [0.4, 0.5) is 10.2 Å². The summed E-state index contributed by atoms with van der Waals surface area (Å²) in [5.74, 6) is 1.39. The van der Waals surface area contributed by atoms with Crippen molar-refractivity contribution in [3.05, 3.63) is 47.9 Å². The maximum Gasteiger partial charge on any atom is 0.165 e. The summed E-state index contributed by atoms with van der Waals surface area (Å²) in [5.41, 5.74) is 2.67. The summed E-state index contributed by atoms with van der Waals surface area (Å²) in [6, 6.07) is 9.49. The Bertz CT molecular complexity index is 728. The quantitative estimate of drug-likeness (QED) is 0.517. The first kappa shape index (κ1) is 16.0. The minimum Gasteiger partial charge on any atom is -0.236 e. The van der Waals surface area contributed by atoms with Crippen molar-refractivity contribution in [2.45, 2.75) is 38.5 Å². The molecule has 4 heteroatoms. The fraction of sp³-hybridized carbons (Fsp3) is 0.368. The molecular weight excluding hydrogens is 307 g/mol. The number of hydrogen-bond donors (Lipinski definition) is 0. The molecule has 0 unspecified atom stereocenters. The van der Waals surface area contributed by atoms with Gasteiger partial charge in [-0.1, -0.05) is 44.0 Å². The maximum absolute atomic E-state index is 14.2. The van der Waals surface area contributed by atoms with Crippen LogP contribution in [0.15, 0.2) is 41.5 Å². The van der Waals surface area contributed by atoms with Crippen molar-refractivity contribution in [2.75, 3.05) is 0 Å². The summed E-state index contributed by atoms with van der Waals surface area (Å²) < 4.78 is 14.2. The van der Waals surface area contributed by atoms with Gasteiger partial charge in [0.25, 0.3) is 0 Å². The molecule has 0 spiro atoms. The first-order valence-corrected chi connectivity index (χ1v) is 8.42. The molecule has 23 heavy (non-hydrogen) atoms. The number of rotatable bonds is 3. The minimum absolute atomic E-state index is 0.245. The van der Waals surface area contributed by atoms with Gasteiger partial charge >= 0.3 is 0 Å². The zero-order chi connectivity index (χ0) is 16.2. The van der Waals surface area contributed by atoms with Gasteiger partial charge in [-0.25, -0.2) is 9.37 Å². The summed E-state index contributed by atoms with van der Waals surface area (Å²) >= 11 is 4.51. The van der Waals surface area contributed by atoms with Gasteiger partial charge in [0.05, 0.1) is 5.16 Å². The summed E-state index contributed by atoms with van der Waals surface area (Å²) in [7, 11) is 0. The smallest absolute Gasteiger partial charge is 0.165 e. The van der Waals surface area contributed by atoms with E-state index in [1.165, 1.54) is 43.5 Å². The van der Waals surface area contributed by atoms with Gasteiger partial charge in [0.15, 0.2) is 5.82 Å². The van der Waals surface area contributed by atoms with E-state index in [1.54, 1.807) is 0 Å². The molecule has 1 aromatic heterocycles. The van der Waals surface area contributed by atoms with E-state index in [-0.39, 0.29) is 11.6 Å². The van der Waals surface area contributed by atoms with E-state index in [9.17, 15) is 4.39 Å². The molecule has 0 atom stereocenters. The molecule has 1 aliphatic rings. The van der Waals surface area contributed by atoms with Crippen molar-refractivity contribution >= 4 is 23.2 Å². The average Bonchev–Trinajstić information content (AvgIpc) is 2.56. The molecule has 1 fully saturated rings. The molecule has 2 aromatic rings. The SMILES string of the molecule is CC1CCC(c2ccc(-c3cnc(N=C=S)cc3F)cc2)CC1. The molecule has 0 bridgehead atoms. The highest BCUT2D eigenvalue weighted by Crippen LogP contribution is 2.36. The van der Waals surface area contributed by atoms with E-state index in [2.05, 4.69) is 46.4 Å². The van der Waals surface area contributed by atoms with Crippen molar-refractivity contribution in [1.29, 1.82) is 0 Å². The van der Waals surface area contributed by atoms with Crippen LogP contribution in [0.25, 0.3) is 11.1 Å². The summed E-state index contributed by atoms with van der Waals surface area (Å²) in [5, 5.41) is 2.20. The summed E-state index contributed by atoms with van der Waals surface area (Å²) in [6.45, 7) is 2.33. The zero-order valence-corrected chi connectivity index (χ0v) is 13.9. The van der Waals surface area contributed by atoms with Gasteiger partial charge < -0.3 is 0 Å². The largest absolute Gasteiger partial charge is 0.236 e. The van der Waals surface area contributed by atoms with E-state index >= 15 is 0 Å². The first-order chi connectivity index (χ1) is 11.2. The van der Waals surface area contributed by atoms with Crippen LogP contribution >= 0.6 is 12.2 Å². The molecule has 1 heterocycles. The third-order valence-electron chi connectivity index (χ3n) is 4.71. The molecule has 0 amide bonds. The van der Waals surface area contributed by atoms with Crippen LogP contribution < -0.4 is 0 Å². The second kappa shape index (κ2) is 7.12. The van der Waals surface area contributed by atoms with Crippen LogP contribution in [-0.4, -0.2) is 10.1 Å². The van der Waals surface area contributed by atoms with Gasteiger partial charge in [-0.3, -0.25) is 0 Å². The van der Waals surface area contributed by atoms with Crippen molar-refractivity contribution in [3.63, 3.8) is 0 Å². The highest BCUT2D eigenvalue weighted by molar-refractivity contribution is 7.78. The Hall–Kier alpha value is -1.90. The number of aromatic nitrogens is 1. The van der Waals surface area contributed by atoms with Crippen LogP contribution in [0, 0.1) is 11.7 Å². The van der Waals surface area contributed by atoms with Crippen LogP contribution in [0.3, 0.4) is 0 Å². The van der Waals surface area contributed by atoms with Crippen molar-refractivity contribution in [3.8, 4) is 11.1 Å². The predicted molar refractivity (Wildman–Crippen MR) is 94.7 cm³/mol. The Kier molecular flexibility index (Phi) is 4.94. The second-order valence-corrected chi connectivity index (χ2v) is 6.49. The lowest BCUT2D eigenvalue weighted by molar-refractivity contribution is 0.348. The average molecular weight is 326 g/mol. The number of isothiocyanates is 1. The van der Waals surface area contributed by atoms with Gasteiger partial charge in [0.1, 0.15) is 5.82 Å². The first-order valence-electron chi connectivity index (χ1n) is 8.01. The molecule has 0 radical (unpaired) electrons. The molecule has 0 aliphatic heterocycles. The van der Waals surface area contributed by atoms with Crippen molar-refractivity contribution < 1.29 is 4.39 Å². The van der Waals surface area contributed by atoms with E-state index in [1.807, 2.05) is 12.1 Å². The highest BCUT2D eigenvalue weighted by Gasteiger charge is 2.19. The maximum atomic E-state index is 14.2. The Morgan fingerprint density at radius 3 is 2.48 bits per heavy atom. The van der Waals surface area contributed by atoms with Gasteiger partial charge in [0.2, 0.25) is 0 Å². The van der Waals surface area contributed by atoms with Crippen molar-refractivity contribution in [2.24, 2.45) is 10.9 Å². The lowest BCUT2D eigenvalue weighted by Gasteiger charge is -2.26. The zero-order valence-electron chi connectivity index (χ0n) is 13.1. The monoisotopic (exact) mass is 326 g/mol. The molecule has 1 saturated carbocycles. The van der Waals surface area contributed by atoms with Gasteiger partial charge in [-0.15, -0.1) is 0 Å². The van der Waals surface area contributed by atoms with E-state index in [0.717, 1.165) is 11.5 Å². The van der Waals surface area contributed by atoms with Crippen LogP contribution in [-0.2, 0) is 0 Å². The van der Waals surface area contributed by atoms with E-state index in [4.69, 9.17) is 0 Å². The third-order valence-corrected chi connectivity index (χ3v) is 4.80. The Labute approximate surface area is 141 Å². The number of pyridine rings is 1. The number of hydrogen-bond acceptors (Lipinski definition) is 3. The number of thiocarbonyl (C=S) groups is 1. The number of nitrogens with zero attached hydrogens (tertiary/aromatic N) is 2. The molecule has 0 saturated heterocycles. The molecule has 1 aromatic carbocycles. The molecule has 0 N–H and O–H groups in total. The normalized spacial score (nSPS) is 20.8. The Morgan fingerprint density at radius 1 is 1.17 bits per heavy atom. The molecule has 118 valence electrons. The molecule has 3 rings (SSSR count). The lowest BCUT2D eigenvalue weighted by atomic mass is 9.79. The Morgan fingerprint density at radius 2 is 1.87 bits per heavy atom. The number of aliphatic imine (C=N–C) groups is 1. The molecule has 2 nitrogen and oxygen atoms in total. The minimum atomic E-state index is -0.344. The van der Waals surface area contributed by atoms with Crippen LogP contribution in [0.1, 0.15) is 44.1 Å². The van der Waals surface area contributed by atoms with Crippen molar-refractivity contribution in [1.82, 2.24) is 4.98 Å². The van der Waals surface area contributed by atoms with Gasteiger partial charge in [-0.2, -0.15) is 4.99 Å². The highest BCUT2D eigenvalue weighted by atomic mass is 32.1. The topological polar surface area (TPSA) is 25.2 Å². The third kappa shape index (κ3) is 3.72. The van der Waals surface area contributed by atoms with E-state index < -0.39 is 0 Å². The van der Waals surface area contributed by atoms with Crippen LogP contribution in [0.2, 0.25) is 0 Å². The number of benzene rings is 1. The van der Waals surface area contributed by atoms with Gasteiger partial charge in [-0.05, 0) is 48.0 Å². The fourth-order valence-electron chi connectivity index (χ4n) is 3.27. The molecular formula is C19H19FN2S. The number of halogens is 1. The lowest BCUT2D eigenvalue weighted by Crippen LogP contribution is -2.10. The second-order valence-electron chi connectivity index (χ2n) is 6.30. The Balaban J connectivity index is 1.81. The fourth-order valence-corrected chi connectivity index (χ4v) is 3.36. The summed E-state index contributed by atoms with van der Waals surface area (Å²) in [4.78, 5) is 7.79. The van der Waals surface area contributed by atoms with E-state index in [0.29, 0.717) is 11.5 Å². The summed E-state index contributed by atoms with van der Waals surface area (Å²) in [6.07, 6.45) is 6.60.